The normalized spacial score (nSPS) is 17.3. The second-order valence-corrected chi connectivity index (χ2v) is 6.13. The van der Waals surface area contributed by atoms with E-state index in [1.165, 1.54) is 32.1 Å². The summed E-state index contributed by atoms with van der Waals surface area (Å²) < 4.78 is 0. The van der Waals surface area contributed by atoms with Crippen molar-refractivity contribution in [2.45, 2.75) is 64.3 Å². The maximum atomic E-state index is 12.0. The molecule has 3 nitrogen and oxygen atoms in total. The van der Waals surface area contributed by atoms with Crippen molar-refractivity contribution in [3.8, 4) is 0 Å². The Morgan fingerprint density at radius 3 is 2.40 bits per heavy atom. The van der Waals surface area contributed by atoms with Gasteiger partial charge in [-0.25, -0.2) is 0 Å². The molecule has 1 saturated heterocycles. The predicted molar refractivity (Wildman–Crippen MR) is 85.8 cm³/mol. The van der Waals surface area contributed by atoms with Gasteiger partial charge in [0.25, 0.3) is 0 Å². The fourth-order valence-electron chi connectivity index (χ4n) is 2.76. The van der Waals surface area contributed by atoms with Gasteiger partial charge in [-0.2, -0.15) is 0 Å². The maximum absolute atomic E-state index is 12.0. The number of amides is 1. The van der Waals surface area contributed by atoms with Gasteiger partial charge in [0.2, 0.25) is 5.91 Å². The highest BCUT2D eigenvalue weighted by molar-refractivity contribution is 5.87. The standard InChI is InChI=1S/C17H32N2O/c1-4-5-6-7-8-9-10-11-17(20)19-14-12-16(13-15-19)18(2)3/h10-11,16H,4-9,12-15H2,1-3H3/b11-10+. The lowest BCUT2D eigenvalue weighted by Gasteiger charge is -2.34. The van der Waals surface area contributed by atoms with Gasteiger partial charge < -0.3 is 9.80 Å². The lowest BCUT2D eigenvalue weighted by Crippen LogP contribution is -2.43. The van der Waals surface area contributed by atoms with Gasteiger partial charge in [0, 0.05) is 19.1 Å². The van der Waals surface area contributed by atoms with Crippen LogP contribution in [0.2, 0.25) is 0 Å². The van der Waals surface area contributed by atoms with Gasteiger partial charge in [-0.05, 0) is 45.9 Å². The van der Waals surface area contributed by atoms with Crippen molar-refractivity contribution in [2.75, 3.05) is 27.2 Å². The average Bonchev–Trinajstić information content (AvgIpc) is 2.46. The Morgan fingerprint density at radius 2 is 1.80 bits per heavy atom. The summed E-state index contributed by atoms with van der Waals surface area (Å²) in [6, 6.07) is 0.640. The summed E-state index contributed by atoms with van der Waals surface area (Å²) in [5.74, 6) is 0.204. The molecule has 1 fully saturated rings. The van der Waals surface area contributed by atoms with Crippen molar-refractivity contribution in [1.82, 2.24) is 9.80 Å². The minimum absolute atomic E-state index is 0.204. The van der Waals surface area contributed by atoms with Gasteiger partial charge in [0.1, 0.15) is 0 Å². The molecule has 1 heterocycles. The van der Waals surface area contributed by atoms with E-state index in [0.29, 0.717) is 6.04 Å². The molecular weight excluding hydrogens is 248 g/mol. The number of nitrogens with zero attached hydrogens (tertiary/aromatic N) is 2. The van der Waals surface area contributed by atoms with Crippen molar-refractivity contribution in [3.05, 3.63) is 12.2 Å². The first-order valence-corrected chi connectivity index (χ1v) is 8.27. The Bertz CT molecular complexity index is 291. The van der Waals surface area contributed by atoms with Crippen LogP contribution in [0.5, 0.6) is 0 Å². The minimum atomic E-state index is 0.204. The van der Waals surface area contributed by atoms with Crippen molar-refractivity contribution in [2.24, 2.45) is 0 Å². The molecule has 0 spiro atoms. The smallest absolute Gasteiger partial charge is 0.246 e. The first-order valence-electron chi connectivity index (χ1n) is 8.27. The molecule has 0 aromatic heterocycles. The molecule has 0 saturated carbocycles. The van der Waals surface area contributed by atoms with Gasteiger partial charge in [-0.15, -0.1) is 0 Å². The molecule has 0 unspecified atom stereocenters. The third-order valence-corrected chi connectivity index (χ3v) is 4.24. The van der Waals surface area contributed by atoms with E-state index in [9.17, 15) is 4.79 Å². The number of hydrogen-bond donors (Lipinski definition) is 0. The van der Waals surface area contributed by atoms with E-state index >= 15 is 0 Å². The van der Waals surface area contributed by atoms with E-state index in [2.05, 4.69) is 32.0 Å². The molecule has 0 atom stereocenters. The first-order chi connectivity index (χ1) is 9.65. The SMILES string of the molecule is CCCCCCC/C=C/C(=O)N1CCC(N(C)C)CC1. The molecule has 0 N–H and O–H groups in total. The van der Waals surface area contributed by atoms with E-state index in [0.717, 1.165) is 32.4 Å². The van der Waals surface area contributed by atoms with Crippen LogP contribution in [0.1, 0.15) is 58.3 Å². The number of rotatable bonds is 8. The van der Waals surface area contributed by atoms with Crippen LogP contribution in [0, 0.1) is 0 Å². The fraction of sp³-hybridized carbons (Fsp3) is 0.824. The molecule has 20 heavy (non-hydrogen) atoms. The van der Waals surface area contributed by atoms with Crippen molar-refractivity contribution < 1.29 is 4.79 Å². The molecule has 116 valence electrons. The van der Waals surface area contributed by atoms with Crippen molar-refractivity contribution in [3.63, 3.8) is 0 Å². The zero-order chi connectivity index (χ0) is 14.8. The molecule has 3 heteroatoms. The minimum Gasteiger partial charge on any atom is -0.339 e. The van der Waals surface area contributed by atoms with Gasteiger partial charge in [-0.3, -0.25) is 4.79 Å². The van der Waals surface area contributed by atoms with Crippen LogP contribution in [-0.4, -0.2) is 48.9 Å². The molecule has 0 bridgehead atoms. The lowest BCUT2D eigenvalue weighted by atomic mass is 10.0. The number of allylic oxidation sites excluding steroid dienone is 1. The summed E-state index contributed by atoms with van der Waals surface area (Å²) in [5.41, 5.74) is 0. The van der Waals surface area contributed by atoms with Crippen LogP contribution < -0.4 is 0 Å². The number of carbonyl (C=O) groups excluding carboxylic acids is 1. The monoisotopic (exact) mass is 280 g/mol. The Morgan fingerprint density at radius 1 is 1.15 bits per heavy atom. The van der Waals surface area contributed by atoms with E-state index in [1.807, 2.05) is 4.90 Å². The van der Waals surface area contributed by atoms with Gasteiger partial charge in [0.05, 0.1) is 0 Å². The predicted octanol–water partition coefficient (Wildman–Crippen LogP) is 3.46. The Balaban J connectivity index is 2.13. The molecule has 0 aromatic rings. The van der Waals surface area contributed by atoms with E-state index in [4.69, 9.17) is 0 Å². The highest BCUT2D eigenvalue weighted by Crippen LogP contribution is 2.14. The van der Waals surface area contributed by atoms with Gasteiger partial charge in [0.15, 0.2) is 0 Å². The van der Waals surface area contributed by atoms with Crippen LogP contribution in [0.3, 0.4) is 0 Å². The summed E-state index contributed by atoms with van der Waals surface area (Å²) in [4.78, 5) is 16.3. The van der Waals surface area contributed by atoms with Crippen molar-refractivity contribution in [1.29, 1.82) is 0 Å². The zero-order valence-electron chi connectivity index (χ0n) is 13.6. The third kappa shape index (κ3) is 6.56. The number of hydrogen-bond acceptors (Lipinski definition) is 2. The van der Waals surface area contributed by atoms with Crippen LogP contribution >= 0.6 is 0 Å². The third-order valence-electron chi connectivity index (χ3n) is 4.24. The number of unbranched alkanes of at least 4 members (excludes halogenated alkanes) is 5. The van der Waals surface area contributed by atoms with Gasteiger partial charge >= 0.3 is 0 Å². The molecule has 1 rings (SSSR count). The van der Waals surface area contributed by atoms with E-state index in [1.54, 1.807) is 6.08 Å². The molecule has 1 aliphatic rings. The second kappa shape index (κ2) is 9.98. The molecule has 0 aliphatic carbocycles. The number of piperidine rings is 1. The Kier molecular flexibility index (Phi) is 8.59. The van der Waals surface area contributed by atoms with Crippen LogP contribution in [0.15, 0.2) is 12.2 Å². The van der Waals surface area contributed by atoms with Gasteiger partial charge in [-0.1, -0.05) is 38.7 Å². The highest BCUT2D eigenvalue weighted by atomic mass is 16.2. The van der Waals surface area contributed by atoms with E-state index in [-0.39, 0.29) is 5.91 Å². The molecule has 0 aromatic carbocycles. The molecule has 1 aliphatic heterocycles. The molecule has 1 amide bonds. The second-order valence-electron chi connectivity index (χ2n) is 6.13. The summed E-state index contributed by atoms with van der Waals surface area (Å²) in [5, 5.41) is 0. The topological polar surface area (TPSA) is 23.6 Å². The molecule has 0 radical (unpaired) electrons. The van der Waals surface area contributed by atoms with E-state index < -0.39 is 0 Å². The summed E-state index contributed by atoms with van der Waals surface area (Å²) in [6.45, 7) is 4.04. The van der Waals surface area contributed by atoms with Crippen molar-refractivity contribution >= 4 is 5.91 Å². The Labute approximate surface area is 125 Å². The largest absolute Gasteiger partial charge is 0.339 e. The van der Waals surface area contributed by atoms with Crippen LogP contribution in [0.4, 0.5) is 0 Å². The summed E-state index contributed by atoms with van der Waals surface area (Å²) >= 11 is 0. The zero-order valence-corrected chi connectivity index (χ0v) is 13.6. The lowest BCUT2D eigenvalue weighted by molar-refractivity contribution is -0.127. The summed E-state index contributed by atoms with van der Waals surface area (Å²) in [7, 11) is 4.25. The van der Waals surface area contributed by atoms with Crippen LogP contribution in [-0.2, 0) is 4.79 Å². The Hall–Kier alpha value is -0.830. The highest BCUT2D eigenvalue weighted by Gasteiger charge is 2.22. The number of carbonyl (C=O) groups is 1. The quantitative estimate of drug-likeness (QED) is 0.502. The summed E-state index contributed by atoms with van der Waals surface area (Å²) in [6.07, 6.45) is 13.6. The molecular formula is C17H32N2O. The average molecular weight is 280 g/mol. The fourth-order valence-corrected chi connectivity index (χ4v) is 2.76. The van der Waals surface area contributed by atoms with Crippen LogP contribution in [0.25, 0.3) is 0 Å². The first kappa shape index (κ1) is 17.2. The maximum Gasteiger partial charge on any atom is 0.246 e. The number of likely N-dealkylation sites (tertiary alicyclic amines) is 1.